The third kappa shape index (κ3) is 2.13. The van der Waals surface area contributed by atoms with Gasteiger partial charge in [0.2, 0.25) is 5.91 Å². The molecule has 2 fully saturated rings. The van der Waals surface area contributed by atoms with Crippen LogP contribution in [0.4, 0.5) is 5.69 Å². The first kappa shape index (κ1) is 13.9. The number of hydrogen-bond donors (Lipinski definition) is 1. The van der Waals surface area contributed by atoms with E-state index in [-0.39, 0.29) is 12.4 Å². The van der Waals surface area contributed by atoms with E-state index in [2.05, 4.69) is 23.5 Å². The fraction of sp³-hybridized carbons (Fsp3) is 0.562. The number of nitrogens with zero attached hydrogens (tertiary/aromatic N) is 1. The van der Waals surface area contributed by atoms with E-state index in [9.17, 15) is 4.79 Å². The van der Waals surface area contributed by atoms with Crippen LogP contribution < -0.4 is 10.2 Å². The van der Waals surface area contributed by atoms with Gasteiger partial charge in [0.25, 0.3) is 0 Å². The second-order valence-corrected chi connectivity index (χ2v) is 6.08. The SMILES string of the molecule is Cl.O=C(C1C2CCCC21)N1CCNCc2ccccc21. The summed E-state index contributed by atoms with van der Waals surface area (Å²) in [6.45, 7) is 2.58. The van der Waals surface area contributed by atoms with Gasteiger partial charge in [-0.05, 0) is 36.3 Å². The van der Waals surface area contributed by atoms with Gasteiger partial charge in [-0.15, -0.1) is 12.4 Å². The predicted molar refractivity (Wildman–Crippen MR) is 82.1 cm³/mol. The van der Waals surface area contributed by atoms with Gasteiger partial charge < -0.3 is 10.2 Å². The molecule has 4 rings (SSSR count). The number of para-hydroxylation sites is 1. The fourth-order valence-electron chi connectivity index (χ4n) is 4.05. The van der Waals surface area contributed by atoms with E-state index in [0.717, 1.165) is 25.3 Å². The molecule has 0 radical (unpaired) electrons. The summed E-state index contributed by atoms with van der Waals surface area (Å²) in [5, 5.41) is 3.40. The molecule has 108 valence electrons. The Bertz CT molecular complexity index is 509. The molecular weight excluding hydrogens is 272 g/mol. The molecule has 0 aromatic heterocycles. The number of carbonyl (C=O) groups excluding carboxylic acids is 1. The van der Waals surface area contributed by atoms with Crippen LogP contribution in [0.1, 0.15) is 24.8 Å². The summed E-state index contributed by atoms with van der Waals surface area (Å²) in [6, 6.07) is 8.32. The standard InChI is InChI=1S/C16H20N2O.ClH/c19-16(15-12-5-3-6-13(12)15)18-9-8-17-10-11-4-1-2-7-14(11)18;/h1-2,4,7,12-13,15,17H,3,5-6,8-10H2;1H. The first-order chi connectivity index (χ1) is 9.36. The van der Waals surface area contributed by atoms with Gasteiger partial charge in [-0.3, -0.25) is 4.79 Å². The highest BCUT2D eigenvalue weighted by Gasteiger charge is 2.57. The van der Waals surface area contributed by atoms with Gasteiger partial charge in [0.1, 0.15) is 0 Å². The van der Waals surface area contributed by atoms with Gasteiger partial charge in [0.05, 0.1) is 0 Å². The maximum Gasteiger partial charge on any atom is 0.230 e. The Morgan fingerprint density at radius 2 is 1.95 bits per heavy atom. The fourth-order valence-corrected chi connectivity index (χ4v) is 4.05. The first-order valence-electron chi connectivity index (χ1n) is 7.46. The van der Waals surface area contributed by atoms with Crippen molar-refractivity contribution < 1.29 is 4.79 Å². The van der Waals surface area contributed by atoms with Crippen LogP contribution in [0.5, 0.6) is 0 Å². The molecule has 1 aromatic rings. The number of anilines is 1. The summed E-state index contributed by atoms with van der Waals surface area (Å²) < 4.78 is 0. The lowest BCUT2D eigenvalue weighted by molar-refractivity contribution is -0.120. The number of nitrogens with one attached hydrogen (secondary N) is 1. The molecule has 2 unspecified atom stereocenters. The number of rotatable bonds is 1. The van der Waals surface area contributed by atoms with Crippen molar-refractivity contribution in [2.75, 3.05) is 18.0 Å². The summed E-state index contributed by atoms with van der Waals surface area (Å²) >= 11 is 0. The van der Waals surface area contributed by atoms with Gasteiger partial charge in [0, 0.05) is 31.2 Å². The van der Waals surface area contributed by atoms with Crippen LogP contribution in [0.15, 0.2) is 24.3 Å². The zero-order chi connectivity index (χ0) is 12.8. The molecule has 4 heteroatoms. The number of fused-ring (bicyclic) bond motifs is 2. The Kier molecular flexibility index (Phi) is 3.74. The molecule has 1 amide bonds. The summed E-state index contributed by atoms with van der Waals surface area (Å²) in [7, 11) is 0. The topological polar surface area (TPSA) is 32.3 Å². The second kappa shape index (κ2) is 5.38. The Balaban J connectivity index is 0.00000121. The van der Waals surface area contributed by atoms with Crippen LogP contribution in [-0.4, -0.2) is 19.0 Å². The lowest BCUT2D eigenvalue weighted by Crippen LogP contribution is -2.36. The highest BCUT2D eigenvalue weighted by Crippen LogP contribution is 2.58. The van der Waals surface area contributed by atoms with E-state index in [1.165, 1.54) is 24.8 Å². The monoisotopic (exact) mass is 292 g/mol. The molecule has 2 aliphatic carbocycles. The molecule has 1 N–H and O–H groups in total. The first-order valence-corrected chi connectivity index (χ1v) is 7.46. The molecule has 3 aliphatic rings. The maximum atomic E-state index is 12.8. The zero-order valence-corrected chi connectivity index (χ0v) is 12.4. The molecule has 2 saturated carbocycles. The van der Waals surface area contributed by atoms with Gasteiger partial charge in [-0.2, -0.15) is 0 Å². The van der Waals surface area contributed by atoms with E-state index in [1.54, 1.807) is 0 Å². The molecule has 1 aliphatic heterocycles. The van der Waals surface area contributed by atoms with E-state index < -0.39 is 0 Å². The molecular formula is C16H21ClN2O. The maximum absolute atomic E-state index is 12.8. The van der Waals surface area contributed by atoms with Crippen molar-refractivity contribution in [3.8, 4) is 0 Å². The molecule has 1 aromatic carbocycles. The highest BCUT2D eigenvalue weighted by atomic mass is 35.5. The highest BCUT2D eigenvalue weighted by molar-refractivity contribution is 5.98. The number of hydrogen-bond acceptors (Lipinski definition) is 2. The average Bonchev–Trinajstić information content (AvgIpc) is 3.02. The number of benzene rings is 1. The Morgan fingerprint density at radius 1 is 1.20 bits per heavy atom. The van der Waals surface area contributed by atoms with Crippen molar-refractivity contribution in [1.29, 1.82) is 0 Å². The van der Waals surface area contributed by atoms with Gasteiger partial charge in [-0.25, -0.2) is 0 Å². The van der Waals surface area contributed by atoms with Gasteiger partial charge in [0.15, 0.2) is 0 Å². The lowest BCUT2D eigenvalue weighted by atomic mass is 10.1. The van der Waals surface area contributed by atoms with Gasteiger partial charge >= 0.3 is 0 Å². The molecule has 1 heterocycles. The van der Waals surface area contributed by atoms with E-state index >= 15 is 0 Å². The lowest BCUT2D eigenvalue weighted by Gasteiger charge is -2.23. The van der Waals surface area contributed by atoms with Crippen molar-refractivity contribution in [1.82, 2.24) is 5.32 Å². The quantitative estimate of drug-likeness (QED) is 0.863. The Labute approximate surface area is 126 Å². The van der Waals surface area contributed by atoms with E-state index in [1.807, 2.05) is 11.0 Å². The van der Waals surface area contributed by atoms with E-state index in [0.29, 0.717) is 23.7 Å². The zero-order valence-electron chi connectivity index (χ0n) is 11.5. The second-order valence-electron chi connectivity index (χ2n) is 6.08. The van der Waals surface area contributed by atoms with Crippen molar-refractivity contribution in [3.05, 3.63) is 29.8 Å². The van der Waals surface area contributed by atoms with Gasteiger partial charge in [-0.1, -0.05) is 24.6 Å². The van der Waals surface area contributed by atoms with Crippen molar-refractivity contribution in [2.24, 2.45) is 17.8 Å². The smallest absolute Gasteiger partial charge is 0.230 e. The molecule has 2 atom stereocenters. The van der Waals surface area contributed by atoms with Crippen LogP contribution in [-0.2, 0) is 11.3 Å². The van der Waals surface area contributed by atoms with Crippen LogP contribution in [0, 0.1) is 17.8 Å². The summed E-state index contributed by atoms with van der Waals surface area (Å²) in [5.41, 5.74) is 2.38. The third-order valence-corrected chi connectivity index (χ3v) is 5.07. The minimum Gasteiger partial charge on any atom is -0.311 e. The minimum atomic E-state index is 0. The number of carbonyl (C=O) groups is 1. The molecule has 0 saturated heterocycles. The van der Waals surface area contributed by atoms with Crippen molar-refractivity contribution in [2.45, 2.75) is 25.8 Å². The molecule has 0 bridgehead atoms. The van der Waals surface area contributed by atoms with Crippen molar-refractivity contribution in [3.63, 3.8) is 0 Å². The normalized spacial score (nSPS) is 30.8. The van der Waals surface area contributed by atoms with Crippen LogP contribution in [0.2, 0.25) is 0 Å². The van der Waals surface area contributed by atoms with Crippen LogP contribution >= 0.6 is 12.4 Å². The van der Waals surface area contributed by atoms with E-state index in [4.69, 9.17) is 0 Å². The molecule has 20 heavy (non-hydrogen) atoms. The van der Waals surface area contributed by atoms with Crippen LogP contribution in [0.3, 0.4) is 0 Å². The molecule has 3 nitrogen and oxygen atoms in total. The summed E-state index contributed by atoms with van der Waals surface area (Å²) in [5.74, 6) is 2.12. The Hall–Kier alpha value is -1.06. The number of amides is 1. The van der Waals surface area contributed by atoms with Crippen LogP contribution in [0.25, 0.3) is 0 Å². The number of halogens is 1. The average molecular weight is 293 g/mol. The summed E-state index contributed by atoms with van der Waals surface area (Å²) in [4.78, 5) is 14.8. The Morgan fingerprint density at radius 3 is 2.75 bits per heavy atom. The molecule has 0 spiro atoms. The third-order valence-electron chi connectivity index (χ3n) is 5.07. The predicted octanol–water partition coefficient (Wildman–Crippen LogP) is 2.59. The van der Waals surface area contributed by atoms with Crippen molar-refractivity contribution >= 4 is 24.0 Å². The minimum absolute atomic E-state index is 0. The largest absolute Gasteiger partial charge is 0.311 e. The summed E-state index contributed by atoms with van der Waals surface area (Å²) in [6.07, 6.45) is 3.88.